The number of nitrogens with zero attached hydrogens (tertiary/aromatic N) is 5. The van der Waals surface area contributed by atoms with Crippen LogP contribution in [0.15, 0.2) is 40.1 Å². The van der Waals surface area contributed by atoms with E-state index in [9.17, 15) is 9.59 Å². The number of nitrogens with one attached hydrogen (secondary N) is 1. The molecule has 10 nitrogen and oxygen atoms in total. The van der Waals surface area contributed by atoms with Gasteiger partial charge in [0.2, 0.25) is 17.0 Å². The van der Waals surface area contributed by atoms with Gasteiger partial charge in [0.1, 0.15) is 5.76 Å². The third kappa shape index (κ3) is 5.26. The van der Waals surface area contributed by atoms with Gasteiger partial charge in [0.25, 0.3) is 0 Å². The van der Waals surface area contributed by atoms with Crippen molar-refractivity contribution >= 4 is 29.3 Å². The van der Waals surface area contributed by atoms with Gasteiger partial charge in [-0.15, -0.1) is 10.2 Å². The zero-order chi connectivity index (χ0) is 24.2. The molecule has 1 fully saturated rings. The summed E-state index contributed by atoms with van der Waals surface area (Å²) in [7, 11) is 0. The summed E-state index contributed by atoms with van der Waals surface area (Å²) in [4.78, 5) is 29.1. The Kier molecular flexibility index (Phi) is 7.23. The number of nitrogens with two attached hydrogens (primary N) is 1. The van der Waals surface area contributed by atoms with Gasteiger partial charge in [0, 0.05) is 31.9 Å². The molecule has 0 unspecified atom stereocenters. The summed E-state index contributed by atoms with van der Waals surface area (Å²) in [6, 6.07) is 7.73. The van der Waals surface area contributed by atoms with Crippen molar-refractivity contribution in [3.8, 4) is 11.4 Å². The normalized spacial score (nSPS) is 14.4. The van der Waals surface area contributed by atoms with E-state index in [1.54, 1.807) is 12.3 Å². The van der Waals surface area contributed by atoms with Gasteiger partial charge >= 0.3 is 0 Å². The second kappa shape index (κ2) is 10.3. The van der Waals surface area contributed by atoms with Gasteiger partial charge in [-0.2, -0.15) is 0 Å². The van der Waals surface area contributed by atoms with Crippen LogP contribution in [0.1, 0.15) is 16.9 Å². The summed E-state index contributed by atoms with van der Waals surface area (Å²) in [5.41, 5.74) is 3.73. The van der Waals surface area contributed by atoms with E-state index >= 15 is 0 Å². The molecule has 3 N–H and O–H groups in total. The molecule has 0 atom stereocenters. The number of anilines is 1. The minimum atomic E-state index is -0.0429. The molecule has 3 heterocycles. The number of aryl methyl sites for hydroxylation is 3. The van der Waals surface area contributed by atoms with Crippen molar-refractivity contribution in [2.75, 3.05) is 49.6 Å². The molecule has 180 valence electrons. The predicted molar refractivity (Wildman–Crippen MR) is 131 cm³/mol. The summed E-state index contributed by atoms with van der Waals surface area (Å²) in [6.07, 6.45) is 1.57. The minimum absolute atomic E-state index is 0.00804. The van der Waals surface area contributed by atoms with Gasteiger partial charge in [0.15, 0.2) is 5.82 Å². The lowest BCUT2D eigenvalue weighted by Crippen LogP contribution is -2.51. The number of hydrogen-bond donors (Lipinski definition) is 2. The number of furan rings is 1. The first-order valence-electron chi connectivity index (χ1n) is 11.1. The van der Waals surface area contributed by atoms with Gasteiger partial charge in [-0.05, 0) is 38.0 Å². The molecule has 34 heavy (non-hydrogen) atoms. The molecule has 2 aromatic heterocycles. The van der Waals surface area contributed by atoms with E-state index in [-0.39, 0.29) is 17.6 Å². The summed E-state index contributed by atoms with van der Waals surface area (Å²) in [5.74, 6) is 7.50. The smallest absolute Gasteiger partial charge is 0.238 e. The number of aromatic nitrogens is 3. The maximum atomic E-state index is 12.7. The molecule has 1 aliphatic heterocycles. The Labute approximate surface area is 202 Å². The number of hydrogen-bond acceptors (Lipinski definition) is 8. The van der Waals surface area contributed by atoms with E-state index in [0.29, 0.717) is 49.5 Å². The Morgan fingerprint density at radius 1 is 1.09 bits per heavy atom. The molecular weight excluding hydrogens is 454 g/mol. The van der Waals surface area contributed by atoms with Crippen molar-refractivity contribution < 1.29 is 14.0 Å². The van der Waals surface area contributed by atoms with Crippen molar-refractivity contribution in [1.29, 1.82) is 0 Å². The molecule has 0 radical (unpaired) electrons. The topological polar surface area (TPSA) is 123 Å². The summed E-state index contributed by atoms with van der Waals surface area (Å²) >= 11 is 1.25. The zero-order valence-electron chi connectivity index (χ0n) is 19.6. The van der Waals surface area contributed by atoms with E-state index in [4.69, 9.17) is 10.3 Å². The van der Waals surface area contributed by atoms with Gasteiger partial charge in [-0.25, -0.2) is 4.68 Å². The maximum Gasteiger partial charge on any atom is 0.238 e. The van der Waals surface area contributed by atoms with Gasteiger partial charge in [-0.1, -0.05) is 30.0 Å². The summed E-state index contributed by atoms with van der Waals surface area (Å²) in [5, 5.41) is 11.7. The van der Waals surface area contributed by atoms with Crippen molar-refractivity contribution in [3.63, 3.8) is 0 Å². The first-order chi connectivity index (χ1) is 16.3. The number of nitrogen functional groups attached to an aromatic ring is 1. The molecule has 0 spiro atoms. The third-order valence-corrected chi connectivity index (χ3v) is 6.85. The summed E-state index contributed by atoms with van der Waals surface area (Å²) in [6.45, 7) is 8.54. The highest BCUT2D eigenvalue weighted by atomic mass is 32.2. The molecule has 0 aliphatic carbocycles. The van der Waals surface area contributed by atoms with Crippen LogP contribution in [0, 0.1) is 20.8 Å². The van der Waals surface area contributed by atoms with Gasteiger partial charge < -0.3 is 20.5 Å². The zero-order valence-corrected chi connectivity index (χ0v) is 20.4. The minimum Gasteiger partial charge on any atom is -0.469 e. The Balaban J connectivity index is 1.24. The fourth-order valence-corrected chi connectivity index (χ4v) is 4.70. The number of para-hydroxylation sites is 1. The number of thioether (sulfide) groups is 1. The lowest BCUT2D eigenvalue weighted by molar-refractivity contribution is -0.130. The quantitative estimate of drug-likeness (QED) is 0.387. The van der Waals surface area contributed by atoms with Crippen LogP contribution in [0.4, 0.5) is 5.69 Å². The molecule has 0 bridgehead atoms. The lowest BCUT2D eigenvalue weighted by Gasteiger charge is -2.34. The Bertz CT molecular complexity index is 1160. The van der Waals surface area contributed by atoms with E-state index in [1.165, 1.54) is 16.4 Å². The van der Waals surface area contributed by atoms with Crippen molar-refractivity contribution in [2.24, 2.45) is 0 Å². The third-order valence-electron chi connectivity index (χ3n) is 5.93. The van der Waals surface area contributed by atoms with Gasteiger partial charge in [0.05, 0.1) is 24.1 Å². The molecule has 0 saturated carbocycles. The van der Waals surface area contributed by atoms with Crippen LogP contribution < -0.4 is 11.2 Å². The van der Waals surface area contributed by atoms with Crippen LogP contribution in [0.3, 0.4) is 0 Å². The average molecular weight is 484 g/mol. The number of carbonyl (C=O) groups is 2. The molecule has 3 aromatic rings. The maximum absolute atomic E-state index is 12.7. The molecule has 2 amide bonds. The lowest BCUT2D eigenvalue weighted by atomic mass is 10.1. The second-order valence-corrected chi connectivity index (χ2v) is 9.27. The standard InChI is InChI=1S/C23H29N7O3S/c1-15-5-4-6-16(2)21(15)25-19(31)13-28-8-10-29(11-9-28)20(32)14-34-23-27-26-22(30(23)24)18-7-12-33-17(18)3/h4-7,12H,8-11,13-14,24H2,1-3H3,(H,25,31). The van der Waals surface area contributed by atoms with Gasteiger partial charge in [-0.3, -0.25) is 14.5 Å². The Morgan fingerprint density at radius 3 is 2.44 bits per heavy atom. The average Bonchev–Trinajstić information content (AvgIpc) is 3.40. The predicted octanol–water partition coefficient (Wildman–Crippen LogP) is 2.05. The SMILES string of the molecule is Cc1cccc(C)c1NC(=O)CN1CCN(C(=O)CSc2nnc(-c3ccoc3C)n2N)CC1. The van der Waals surface area contributed by atoms with Crippen LogP contribution in [-0.2, 0) is 9.59 Å². The first kappa shape index (κ1) is 23.8. The van der Waals surface area contributed by atoms with Crippen LogP contribution in [0.5, 0.6) is 0 Å². The van der Waals surface area contributed by atoms with Crippen LogP contribution in [0.25, 0.3) is 11.4 Å². The number of rotatable bonds is 7. The highest BCUT2D eigenvalue weighted by Gasteiger charge is 2.24. The largest absolute Gasteiger partial charge is 0.469 e. The summed E-state index contributed by atoms with van der Waals surface area (Å²) < 4.78 is 6.68. The number of piperazine rings is 1. The first-order valence-corrected chi connectivity index (χ1v) is 12.1. The highest BCUT2D eigenvalue weighted by Crippen LogP contribution is 2.25. The van der Waals surface area contributed by atoms with Crippen LogP contribution >= 0.6 is 11.8 Å². The fraction of sp³-hybridized carbons (Fsp3) is 0.391. The van der Waals surface area contributed by atoms with E-state index in [1.807, 2.05) is 43.9 Å². The second-order valence-electron chi connectivity index (χ2n) is 8.33. The Morgan fingerprint density at radius 2 is 1.79 bits per heavy atom. The molecule has 1 aromatic carbocycles. The molecule has 1 saturated heterocycles. The molecule has 4 rings (SSSR count). The van der Waals surface area contributed by atoms with Crippen molar-refractivity contribution in [3.05, 3.63) is 47.4 Å². The van der Waals surface area contributed by atoms with Crippen LogP contribution in [0.2, 0.25) is 0 Å². The van der Waals surface area contributed by atoms with E-state index in [0.717, 1.165) is 22.4 Å². The highest BCUT2D eigenvalue weighted by molar-refractivity contribution is 7.99. The number of benzene rings is 1. The number of amides is 2. The molecular formula is C23H29N7O3S. The molecule has 1 aliphatic rings. The number of carbonyl (C=O) groups excluding carboxylic acids is 2. The monoisotopic (exact) mass is 483 g/mol. The Hall–Kier alpha value is -3.31. The van der Waals surface area contributed by atoms with E-state index in [2.05, 4.69) is 20.4 Å². The van der Waals surface area contributed by atoms with Crippen molar-refractivity contribution in [2.45, 2.75) is 25.9 Å². The molecule has 11 heteroatoms. The fourth-order valence-electron chi connectivity index (χ4n) is 3.94. The van der Waals surface area contributed by atoms with Crippen molar-refractivity contribution in [1.82, 2.24) is 24.7 Å². The van der Waals surface area contributed by atoms with Crippen LogP contribution in [-0.4, -0.2) is 75.0 Å². The van der Waals surface area contributed by atoms with E-state index < -0.39 is 0 Å².